The van der Waals surface area contributed by atoms with Crippen molar-refractivity contribution >= 4 is 11.8 Å². The first-order valence-corrected chi connectivity index (χ1v) is 7.55. The summed E-state index contributed by atoms with van der Waals surface area (Å²) in [5.41, 5.74) is 1.18. The van der Waals surface area contributed by atoms with Gasteiger partial charge in [-0.1, -0.05) is 26.2 Å². The summed E-state index contributed by atoms with van der Waals surface area (Å²) < 4.78 is 0. The van der Waals surface area contributed by atoms with Gasteiger partial charge in [-0.25, -0.2) is 9.78 Å². The molecule has 0 atom stereocenters. The van der Waals surface area contributed by atoms with Gasteiger partial charge in [0.1, 0.15) is 5.82 Å². The molecule has 0 aliphatic heterocycles. The van der Waals surface area contributed by atoms with Crippen molar-refractivity contribution in [1.29, 1.82) is 0 Å². The third-order valence-corrected chi connectivity index (χ3v) is 4.12. The minimum absolute atomic E-state index is 0.336. The fourth-order valence-corrected chi connectivity index (χ4v) is 2.92. The molecule has 1 aromatic heterocycles. The Labute approximate surface area is 120 Å². The fourth-order valence-electron chi connectivity index (χ4n) is 2.92. The van der Waals surface area contributed by atoms with E-state index < -0.39 is 5.97 Å². The molecule has 4 nitrogen and oxygen atoms in total. The van der Waals surface area contributed by atoms with E-state index in [-0.39, 0.29) is 0 Å². The van der Waals surface area contributed by atoms with E-state index in [1.54, 1.807) is 12.1 Å². The van der Waals surface area contributed by atoms with E-state index in [0.717, 1.165) is 24.5 Å². The van der Waals surface area contributed by atoms with Crippen molar-refractivity contribution < 1.29 is 9.90 Å². The van der Waals surface area contributed by atoms with Crippen LogP contribution in [0.5, 0.6) is 0 Å². The predicted octanol–water partition coefficient (Wildman–Crippen LogP) is 3.36. The molecular weight excluding hydrogens is 252 g/mol. The highest BCUT2D eigenvalue weighted by Crippen LogP contribution is 2.25. The summed E-state index contributed by atoms with van der Waals surface area (Å²) in [7, 11) is 2.02. The lowest BCUT2D eigenvalue weighted by molar-refractivity contribution is 0.0696. The summed E-state index contributed by atoms with van der Waals surface area (Å²) >= 11 is 0. The number of aryl methyl sites for hydroxylation is 1. The Balaban J connectivity index is 2.13. The average Bonchev–Trinajstić information content (AvgIpc) is 2.47. The number of hydrogen-bond acceptors (Lipinski definition) is 3. The lowest BCUT2D eigenvalue weighted by Crippen LogP contribution is -2.28. The maximum absolute atomic E-state index is 11.2. The Bertz CT molecular complexity index is 468. The standard InChI is InChI=1S/C16H24N2O2/c1-3-14-9-13(16(19)20)10-15(17-14)18(2)11-12-7-5-4-6-8-12/h9-10,12H,3-8,11H2,1-2H3,(H,19,20). The molecule has 0 unspecified atom stereocenters. The Hall–Kier alpha value is -1.58. The van der Waals surface area contributed by atoms with Crippen LogP contribution in [0, 0.1) is 5.92 Å². The van der Waals surface area contributed by atoms with Gasteiger partial charge in [0.25, 0.3) is 0 Å². The molecule has 0 radical (unpaired) electrons. The smallest absolute Gasteiger partial charge is 0.335 e. The zero-order chi connectivity index (χ0) is 14.5. The van der Waals surface area contributed by atoms with Crippen LogP contribution < -0.4 is 4.90 Å². The van der Waals surface area contributed by atoms with Crippen LogP contribution in [-0.2, 0) is 6.42 Å². The third kappa shape index (κ3) is 3.71. The highest BCUT2D eigenvalue weighted by molar-refractivity contribution is 5.88. The summed E-state index contributed by atoms with van der Waals surface area (Å²) in [6, 6.07) is 3.35. The van der Waals surface area contributed by atoms with Gasteiger partial charge in [0, 0.05) is 19.3 Å². The van der Waals surface area contributed by atoms with Crippen LogP contribution in [0.2, 0.25) is 0 Å². The zero-order valence-corrected chi connectivity index (χ0v) is 12.4. The second-order valence-corrected chi connectivity index (χ2v) is 5.75. The van der Waals surface area contributed by atoms with Crippen LogP contribution in [0.25, 0.3) is 0 Å². The minimum Gasteiger partial charge on any atom is -0.478 e. The van der Waals surface area contributed by atoms with Crippen molar-refractivity contribution in [3.63, 3.8) is 0 Å². The van der Waals surface area contributed by atoms with E-state index in [2.05, 4.69) is 9.88 Å². The second kappa shape index (κ2) is 6.73. The van der Waals surface area contributed by atoms with Gasteiger partial charge in [-0.2, -0.15) is 0 Å². The normalized spacial score (nSPS) is 16.1. The first-order chi connectivity index (χ1) is 9.60. The molecule has 0 aromatic carbocycles. The highest BCUT2D eigenvalue weighted by atomic mass is 16.4. The Morgan fingerprint density at radius 2 is 2.05 bits per heavy atom. The Morgan fingerprint density at radius 1 is 1.35 bits per heavy atom. The number of hydrogen-bond donors (Lipinski definition) is 1. The van der Waals surface area contributed by atoms with Crippen LogP contribution in [0.15, 0.2) is 12.1 Å². The Morgan fingerprint density at radius 3 is 2.65 bits per heavy atom. The largest absolute Gasteiger partial charge is 0.478 e. The average molecular weight is 276 g/mol. The summed E-state index contributed by atoms with van der Waals surface area (Å²) in [5.74, 6) is 0.621. The molecule has 1 saturated carbocycles. The Kier molecular flexibility index (Phi) is 4.99. The lowest BCUT2D eigenvalue weighted by atomic mass is 9.89. The van der Waals surface area contributed by atoms with E-state index in [1.807, 2.05) is 14.0 Å². The first-order valence-electron chi connectivity index (χ1n) is 7.55. The van der Waals surface area contributed by atoms with Crippen molar-refractivity contribution in [1.82, 2.24) is 4.98 Å². The molecule has 1 N–H and O–H groups in total. The highest BCUT2D eigenvalue weighted by Gasteiger charge is 2.17. The molecule has 0 saturated heterocycles. The SMILES string of the molecule is CCc1cc(C(=O)O)cc(N(C)CC2CCCCC2)n1. The van der Waals surface area contributed by atoms with E-state index >= 15 is 0 Å². The number of rotatable bonds is 5. The monoisotopic (exact) mass is 276 g/mol. The molecule has 1 heterocycles. The molecule has 1 aromatic rings. The molecule has 4 heteroatoms. The van der Waals surface area contributed by atoms with Crippen LogP contribution in [-0.4, -0.2) is 29.7 Å². The van der Waals surface area contributed by atoms with Crippen LogP contribution in [0.1, 0.15) is 55.1 Å². The van der Waals surface area contributed by atoms with E-state index in [9.17, 15) is 9.90 Å². The summed E-state index contributed by atoms with van der Waals surface area (Å²) in [4.78, 5) is 17.9. The van der Waals surface area contributed by atoms with Gasteiger partial charge in [-0.05, 0) is 37.3 Å². The summed E-state index contributed by atoms with van der Waals surface area (Å²) in [6.45, 7) is 2.97. The van der Waals surface area contributed by atoms with Gasteiger partial charge in [0.2, 0.25) is 0 Å². The molecule has 0 bridgehead atoms. The number of carboxylic acids is 1. The van der Waals surface area contributed by atoms with Crippen molar-refractivity contribution in [3.05, 3.63) is 23.4 Å². The number of carbonyl (C=O) groups is 1. The molecule has 110 valence electrons. The molecular formula is C16H24N2O2. The number of carboxylic acid groups (broad SMARTS) is 1. The first kappa shape index (κ1) is 14.8. The molecule has 20 heavy (non-hydrogen) atoms. The number of aromatic carboxylic acids is 1. The molecule has 0 amide bonds. The van der Waals surface area contributed by atoms with Gasteiger partial charge >= 0.3 is 5.97 Å². The summed E-state index contributed by atoms with van der Waals surface area (Å²) in [6.07, 6.45) is 7.31. The quantitative estimate of drug-likeness (QED) is 0.896. The topological polar surface area (TPSA) is 53.4 Å². The predicted molar refractivity (Wildman–Crippen MR) is 80.4 cm³/mol. The molecule has 1 fully saturated rings. The van der Waals surface area contributed by atoms with Crippen molar-refractivity contribution in [3.8, 4) is 0 Å². The van der Waals surface area contributed by atoms with Crippen molar-refractivity contribution in [2.45, 2.75) is 45.4 Å². The fraction of sp³-hybridized carbons (Fsp3) is 0.625. The number of pyridine rings is 1. The van der Waals surface area contributed by atoms with Crippen LogP contribution >= 0.6 is 0 Å². The number of nitrogens with zero attached hydrogens (tertiary/aromatic N) is 2. The van der Waals surface area contributed by atoms with E-state index in [4.69, 9.17) is 0 Å². The lowest BCUT2D eigenvalue weighted by Gasteiger charge is -2.28. The van der Waals surface area contributed by atoms with Gasteiger partial charge in [-0.15, -0.1) is 0 Å². The zero-order valence-electron chi connectivity index (χ0n) is 12.4. The van der Waals surface area contributed by atoms with Gasteiger partial charge in [0.15, 0.2) is 0 Å². The maximum Gasteiger partial charge on any atom is 0.335 e. The molecule has 1 aliphatic rings. The number of anilines is 1. The maximum atomic E-state index is 11.2. The molecule has 2 rings (SSSR count). The number of aromatic nitrogens is 1. The third-order valence-electron chi connectivity index (χ3n) is 4.12. The molecule has 0 spiro atoms. The minimum atomic E-state index is -0.880. The van der Waals surface area contributed by atoms with Crippen molar-refractivity contribution in [2.75, 3.05) is 18.5 Å². The van der Waals surface area contributed by atoms with E-state index in [1.165, 1.54) is 32.1 Å². The van der Waals surface area contributed by atoms with Gasteiger partial charge in [0.05, 0.1) is 5.56 Å². The van der Waals surface area contributed by atoms with Crippen molar-refractivity contribution in [2.24, 2.45) is 5.92 Å². The van der Waals surface area contributed by atoms with E-state index in [0.29, 0.717) is 11.5 Å². The van der Waals surface area contributed by atoms with Crippen LogP contribution in [0.4, 0.5) is 5.82 Å². The molecule has 1 aliphatic carbocycles. The van der Waals surface area contributed by atoms with Gasteiger partial charge < -0.3 is 10.0 Å². The second-order valence-electron chi connectivity index (χ2n) is 5.75. The van der Waals surface area contributed by atoms with Gasteiger partial charge in [-0.3, -0.25) is 0 Å². The summed E-state index contributed by atoms with van der Waals surface area (Å²) in [5, 5.41) is 9.19. The van der Waals surface area contributed by atoms with Crippen LogP contribution in [0.3, 0.4) is 0 Å².